The minimum Gasteiger partial charge on any atom is -0.427 e. The monoisotopic (exact) mass is 347 g/mol. The van der Waals surface area contributed by atoms with Crippen LogP contribution < -0.4 is 11.1 Å². The highest BCUT2D eigenvalue weighted by Crippen LogP contribution is 2.14. The Morgan fingerprint density at radius 3 is 2.96 bits per heavy atom. The second-order valence-electron chi connectivity index (χ2n) is 5.70. The highest BCUT2D eigenvalue weighted by atomic mass is 16.4. The molecule has 0 spiro atoms. The molecule has 2 aromatic heterocycles. The molecule has 0 aliphatic carbocycles. The van der Waals surface area contributed by atoms with E-state index < -0.39 is 13.2 Å². The normalized spacial score (nSPS) is 12.0. The van der Waals surface area contributed by atoms with Crippen LogP contribution in [-0.2, 0) is 17.9 Å². The predicted octanol–water partition coefficient (Wildman–Crippen LogP) is -0.973. The molecular formula is C14H22BN7O3. The van der Waals surface area contributed by atoms with Gasteiger partial charge in [-0.3, -0.25) is 9.78 Å². The van der Waals surface area contributed by atoms with Crippen LogP contribution in [0.25, 0.3) is 0 Å². The van der Waals surface area contributed by atoms with Gasteiger partial charge < -0.3 is 21.1 Å². The lowest BCUT2D eigenvalue weighted by Crippen LogP contribution is -2.29. The molecule has 134 valence electrons. The summed E-state index contributed by atoms with van der Waals surface area (Å²) in [5, 5.41) is 31.7. The fourth-order valence-electron chi connectivity index (χ4n) is 2.31. The van der Waals surface area contributed by atoms with Gasteiger partial charge in [0.25, 0.3) is 0 Å². The Bertz CT molecular complexity index is 653. The number of nitrogens with two attached hydrogens (primary N) is 1. The van der Waals surface area contributed by atoms with Gasteiger partial charge in [-0.15, -0.1) is 5.10 Å². The number of pyridine rings is 1. The zero-order chi connectivity index (χ0) is 18.1. The number of hydrogen-bond acceptors (Lipinski definition) is 8. The average molecular weight is 347 g/mol. The van der Waals surface area contributed by atoms with Crippen LogP contribution in [0.1, 0.15) is 36.7 Å². The van der Waals surface area contributed by atoms with Gasteiger partial charge in [-0.25, -0.2) is 4.68 Å². The van der Waals surface area contributed by atoms with Gasteiger partial charge in [-0.1, -0.05) is 18.9 Å². The SMILES string of the molecule is NC(CCCCB(O)O)c1nnnn1CC(=O)NCc1cccnc1. The number of nitrogens with one attached hydrogen (secondary N) is 1. The van der Waals surface area contributed by atoms with Gasteiger partial charge in [0, 0.05) is 18.9 Å². The lowest BCUT2D eigenvalue weighted by molar-refractivity contribution is -0.122. The molecular weight excluding hydrogens is 325 g/mol. The van der Waals surface area contributed by atoms with Gasteiger partial charge in [0.15, 0.2) is 5.82 Å². The van der Waals surface area contributed by atoms with E-state index in [2.05, 4.69) is 25.8 Å². The molecule has 2 rings (SSSR count). The molecule has 1 atom stereocenters. The third-order valence-corrected chi connectivity index (χ3v) is 3.62. The van der Waals surface area contributed by atoms with Gasteiger partial charge in [-0.05, 0) is 34.8 Å². The maximum Gasteiger partial charge on any atom is 0.451 e. The highest BCUT2D eigenvalue weighted by molar-refractivity contribution is 6.40. The largest absolute Gasteiger partial charge is 0.451 e. The molecule has 0 fully saturated rings. The van der Waals surface area contributed by atoms with Crippen molar-refractivity contribution in [2.45, 2.75) is 44.7 Å². The second-order valence-corrected chi connectivity index (χ2v) is 5.70. The van der Waals surface area contributed by atoms with Crippen molar-refractivity contribution >= 4 is 13.0 Å². The van der Waals surface area contributed by atoms with Crippen LogP contribution in [0.15, 0.2) is 24.5 Å². The number of amides is 1. The van der Waals surface area contributed by atoms with E-state index >= 15 is 0 Å². The number of carbonyl (C=O) groups excluding carboxylic acids is 1. The van der Waals surface area contributed by atoms with Crippen LogP contribution in [0.2, 0.25) is 6.32 Å². The van der Waals surface area contributed by atoms with Crippen LogP contribution in [0.3, 0.4) is 0 Å². The van der Waals surface area contributed by atoms with Crippen molar-refractivity contribution in [2.75, 3.05) is 0 Å². The van der Waals surface area contributed by atoms with Crippen molar-refractivity contribution in [2.24, 2.45) is 5.73 Å². The van der Waals surface area contributed by atoms with Crippen LogP contribution in [0, 0.1) is 0 Å². The number of tetrazole rings is 1. The predicted molar refractivity (Wildman–Crippen MR) is 89.7 cm³/mol. The third-order valence-electron chi connectivity index (χ3n) is 3.62. The fourth-order valence-corrected chi connectivity index (χ4v) is 2.31. The molecule has 0 radical (unpaired) electrons. The van der Waals surface area contributed by atoms with E-state index in [1.54, 1.807) is 18.5 Å². The molecule has 10 nitrogen and oxygen atoms in total. The molecule has 2 aromatic rings. The minimum absolute atomic E-state index is 0.0222. The van der Waals surface area contributed by atoms with Crippen LogP contribution >= 0.6 is 0 Å². The van der Waals surface area contributed by atoms with Gasteiger partial charge in [0.1, 0.15) is 6.54 Å². The summed E-state index contributed by atoms with van der Waals surface area (Å²) in [4.78, 5) is 16.0. The molecule has 11 heteroatoms. The number of carbonyl (C=O) groups is 1. The topological polar surface area (TPSA) is 152 Å². The summed E-state index contributed by atoms with van der Waals surface area (Å²) < 4.78 is 1.38. The summed E-state index contributed by atoms with van der Waals surface area (Å²) in [7, 11) is -1.30. The third kappa shape index (κ3) is 6.57. The maximum atomic E-state index is 12.0. The number of hydrogen-bond donors (Lipinski definition) is 4. The summed E-state index contributed by atoms with van der Waals surface area (Å²) >= 11 is 0. The van der Waals surface area contributed by atoms with Crippen molar-refractivity contribution in [1.29, 1.82) is 0 Å². The standard InChI is InChI=1S/C14H22BN7O3/c16-12(5-1-2-6-15(24)25)14-19-20-21-22(14)10-13(23)18-9-11-4-3-7-17-8-11/h3-4,7-8,12,24-25H,1-2,5-6,9-10,16H2,(H,18,23). The Morgan fingerprint density at radius 2 is 2.24 bits per heavy atom. The van der Waals surface area contributed by atoms with E-state index in [0.29, 0.717) is 38.0 Å². The van der Waals surface area contributed by atoms with Gasteiger partial charge >= 0.3 is 7.12 Å². The fraction of sp³-hybridized carbons (Fsp3) is 0.500. The molecule has 1 unspecified atom stereocenters. The Morgan fingerprint density at radius 1 is 1.40 bits per heavy atom. The number of aromatic nitrogens is 5. The van der Waals surface area contributed by atoms with Crippen molar-refractivity contribution in [1.82, 2.24) is 30.5 Å². The van der Waals surface area contributed by atoms with E-state index in [4.69, 9.17) is 15.8 Å². The molecule has 25 heavy (non-hydrogen) atoms. The Kier molecular flexibility index (Phi) is 7.45. The van der Waals surface area contributed by atoms with Crippen LogP contribution in [-0.4, -0.2) is 48.3 Å². The quantitative estimate of drug-likeness (QED) is 0.316. The van der Waals surface area contributed by atoms with E-state index in [1.165, 1.54) is 4.68 Å². The number of rotatable bonds is 10. The van der Waals surface area contributed by atoms with E-state index in [9.17, 15) is 4.79 Å². The molecule has 0 aliphatic heterocycles. The molecule has 2 heterocycles. The molecule has 0 saturated heterocycles. The van der Waals surface area contributed by atoms with E-state index in [0.717, 1.165) is 5.56 Å². The Balaban J connectivity index is 1.80. The van der Waals surface area contributed by atoms with Crippen molar-refractivity contribution in [3.05, 3.63) is 35.9 Å². The first-order valence-corrected chi connectivity index (χ1v) is 8.09. The van der Waals surface area contributed by atoms with Gasteiger partial charge in [0.05, 0.1) is 6.04 Å². The van der Waals surface area contributed by atoms with Gasteiger partial charge in [0.2, 0.25) is 5.91 Å². The summed E-state index contributed by atoms with van der Waals surface area (Å²) in [6.07, 6.45) is 5.58. The minimum atomic E-state index is -1.30. The van der Waals surface area contributed by atoms with Crippen molar-refractivity contribution < 1.29 is 14.8 Å². The maximum absolute atomic E-state index is 12.0. The summed E-state index contributed by atoms with van der Waals surface area (Å²) in [6, 6.07) is 3.25. The van der Waals surface area contributed by atoms with Crippen LogP contribution in [0.4, 0.5) is 0 Å². The van der Waals surface area contributed by atoms with E-state index in [1.807, 2.05) is 6.07 Å². The molecule has 5 N–H and O–H groups in total. The van der Waals surface area contributed by atoms with E-state index in [-0.39, 0.29) is 12.5 Å². The summed E-state index contributed by atoms with van der Waals surface area (Å²) in [5.41, 5.74) is 6.97. The van der Waals surface area contributed by atoms with Crippen molar-refractivity contribution in [3.8, 4) is 0 Å². The first-order chi connectivity index (χ1) is 12.1. The average Bonchev–Trinajstić information content (AvgIpc) is 3.05. The Labute approximate surface area is 145 Å². The lowest BCUT2D eigenvalue weighted by Gasteiger charge is -2.11. The number of nitrogens with zero attached hydrogens (tertiary/aromatic N) is 5. The molecule has 0 aliphatic rings. The molecule has 0 bridgehead atoms. The zero-order valence-corrected chi connectivity index (χ0v) is 13.8. The Hall–Kier alpha value is -2.37. The molecule has 0 saturated carbocycles. The second kappa shape index (κ2) is 9.82. The molecule has 0 aromatic carbocycles. The van der Waals surface area contributed by atoms with Crippen molar-refractivity contribution in [3.63, 3.8) is 0 Å². The highest BCUT2D eigenvalue weighted by Gasteiger charge is 2.17. The first kappa shape index (κ1) is 19.0. The lowest BCUT2D eigenvalue weighted by atomic mass is 9.83. The van der Waals surface area contributed by atoms with Crippen LogP contribution in [0.5, 0.6) is 0 Å². The van der Waals surface area contributed by atoms with Gasteiger partial charge in [-0.2, -0.15) is 0 Å². The summed E-state index contributed by atoms with van der Waals surface area (Å²) in [5.74, 6) is 0.203. The smallest absolute Gasteiger partial charge is 0.427 e. The summed E-state index contributed by atoms with van der Waals surface area (Å²) in [6.45, 7) is 0.353. The number of unbranched alkanes of at least 4 members (excludes halogenated alkanes) is 1. The molecule has 1 amide bonds. The first-order valence-electron chi connectivity index (χ1n) is 8.09. The zero-order valence-electron chi connectivity index (χ0n) is 13.8.